The molecule has 168 valence electrons. The van der Waals surface area contributed by atoms with Gasteiger partial charge in [0.05, 0.1) is 16.8 Å². The van der Waals surface area contributed by atoms with Gasteiger partial charge in [0.1, 0.15) is 4.90 Å². The van der Waals surface area contributed by atoms with Gasteiger partial charge in [0.2, 0.25) is 10.0 Å². The Morgan fingerprint density at radius 2 is 1.84 bits per heavy atom. The summed E-state index contributed by atoms with van der Waals surface area (Å²) in [6.07, 6.45) is 2.78. The maximum atomic E-state index is 13.3. The average molecular weight is 475 g/mol. The first-order chi connectivity index (χ1) is 15.2. The van der Waals surface area contributed by atoms with E-state index in [1.54, 1.807) is 30.3 Å². The van der Waals surface area contributed by atoms with Crippen molar-refractivity contribution >= 4 is 49.9 Å². The van der Waals surface area contributed by atoms with Gasteiger partial charge in [0.15, 0.2) is 0 Å². The fraction of sp³-hybridized carbons (Fsp3) is 0.273. The normalized spacial score (nSPS) is 15.7. The number of carboxylic acids is 1. The quantitative estimate of drug-likeness (QED) is 0.499. The second-order valence-electron chi connectivity index (χ2n) is 7.87. The number of nitrogens with one attached hydrogen (secondary N) is 2. The number of sulfonamides is 1. The van der Waals surface area contributed by atoms with Crippen LogP contribution in [0.25, 0.3) is 10.9 Å². The molecule has 1 fully saturated rings. The highest BCUT2D eigenvalue weighted by Gasteiger charge is 2.27. The van der Waals surface area contributed by atoms with E-state index in [1.165, 1.54) is 18.3 Å². The van der Waals surface area contributed by atoms with Crippen molar-refractivity contribution in [3.63, 3.8) is 0 Å². The van der Waals surface area contributed by atoms with Crippen LogP contribution in [0.5, 0.6) is 0 Å². The van der Waals surface area contributed by atoms with E-state index in [0.717, 1.165) is 25.9 Å². The van der Waals surface area contributed by atoms with Crippen molar-refractivity contribution < 1.29 is 18.3 Å². The highest BCUT2D eigenvalue weighted by atomic mass is 35.5. The van der Waals surface area contributed by atoms with Crippen LogP contribution in [0.15, 0.2) is 53.6 Å². The van der Waals surface area contributed by atoms with Gasteiger partial charge < -0.3 is 15.3 Å². The first-order valence-electron chi connectivity index (χ1n) is 10.1. The molecule has 2 heterocycles. The van der Waals surface area contributed by atoms with E-state index in [-0.39, 0.29) is 16.5 Å². The van der Waals surface area contributed by atoms with Gasteiger partial charge in [-0.2, -0.15) is 0 Å². The molecule has 0 amide bonds. The summed E-state index contributed by atoms with van der Waals surface area (Å²) in [4.78, 5) is 17.6. The third-order valence-electron chi connectivity index (χ3n) is 5.53. The molecular weight excluding hydrogens is 452 g/mol. The molecule has 1 saturated heterocycles. The maximum absolute atomic E-state index is 13.3. The van der Waals surface area contributed by atoms with Crippen LogP contribution in [0, 0.1) is 0 Å². The monoisotopic (exact) mass is 474 g/mol. The average Bonchev–Trinajstić information content (AvgIpc) is 2.76. The van der Waals surface area contributed by atoms with Crippen LogP contribution in [0.4, 0.5) is 11.4 Å². The van der Waals surface area contributed by atoms with Crippen molar-refractivity contribution in [2.45, 2.75) is 23.8 Å². The van der Waals surface area contributed by atoms with Crippen LogP contribution in [-0.4, -0.2) is 55.6 Å². The number of benzene rings is 2. The van der Waals surface area contributed by atoms with Crippen molar-refractivity contribution in [2.75, 3.05) is 25.5 Å². The molecule has 0 spiro atoms. The second-order valence-corrected chi connectivity index (χ2v) is 9.98. The lowest BCUT2D eigenvalue weighted by Crippen LogP contribution is -2.43. The standard InChI is InChI=1S/C22H23ClN4O4S/c1-27-10-8-17(9-11-27)26-32(30,31)20-13-24-19-7-4-15(23)12-18(19)21(20)25-16-5-2-14(3-6-16)22(28)29/h2-7,12-13,17,26H,8-11H2,1H3,(H,24,25)(H,28,29). The smallest absolute Gasteiger partial charge is 0.335 e. The number of fused-ring (bicyclic) bond motifs is 1. The number of hydrogen-bond donors (Lipinski definition) is 3. The van der Waals surface area contributed by atoms with Gasteiger partial charge in [0, 0.05) is 28.3 Å². The number of likely N-dealkylation sites (tertiary alicyclic amines) is 1. The molecule has 1 aliphatic rings. The van der Waals surface area contributed by atoms with Crippen molar-refractivity contribution in [1.82, 2.24) is 14.6 Å². The van der Waals surface area contributed by atoms with Crippen molar-refractivity contribution in [3.8, 4) is 0 Å². The van der Waals surface area contributed by atoms with Crippen LogP contribution in [0.2, 0.25) is 5.02 Å². The third-order valence-corrected chi connectivity index (χ3v) is 7.29. The van der Waals surface area contributed by atoms with Crippen molar-refractivity contribution in [1.29, 1.82) is 0 Å². The van der Waals surface area contributed by atoms with E-state index >= 15 is 0 Å². The van der Waals surface area contributed by atoms with Gasteiger partial charge in [0.25, 0.3) is 0 Å². The molecule has 0 atom stereocenters. The topological polar surface area (TPSA) is 112 Å². The molecular formula is C22H23ClN4O4S. The zero-order valence-corrected chi connectivity index (χ0v) is 18.9. The Morgan fingerprint density at radius 1 is 1.16 bits per heavy atom. The number of carboxylic acid groups (broad SMARTS) is 1. The van der Waals surface area contributed by atoms with Gasteiger partial charge >= 0.3 is 5.97 Å². The van der Waals surface area contributed by atoms with E-state index in [2.05, 4.69) is 19.9 Å². The summed E-state index contributed by atoms with van der Waals surface area (Å²) >= 11 is 6.19. The molecule has 0 radical (unpaired) electrons. The minimum atomic E-state index is -3.88. The molecule has 0 bridgehead atoms. The number of aromatic carboxylic acids is 1. The highest BCUT2D eigenvalue weighted by molar-refractivity contribution is 7.89. The lowest BCUT2D eigenvalue weighted by atomic mass is 10.1. The number of piperidine rings is 1. The zero-order chi connectivity index (χ0) is 22.9. The Hall–Kier alpha value is -2.72. The van der Waals surface area contributed by atoms with Gasteiger partial charge in [-0.05, 0) is 75.4 Å². The molecule has 0 saturated carbocycles. The molecule has 8 nitrogen and oxygen atoms in total. The first-order valence-corrected chi connectivity index (χ1v) is 12.0. The predicted octanol–water partition coefficient (Wildman–Crippen LogP) is 3.70. The molecule has 4 rings (SSSR count). The van der Waals surface area contributed by atoms with Crippen LogP contribution >= 0.6 is 11.6 Å². The predicted molar refractivity (Wildman–Crippen MR) is 124 cm³/mol. The number of halogens is 1. The fourth-order valence-corrected chi connectivity index (χ4v) is 5.32. The van der Waals surface area contributed by atoms with E-state index in [4.69, 9.17) is 16.7 Å². The number of hydrogen-bond acceptors (Lipinski definition) is 6. The van der Waals surface area contributed by atoms with E-state index < -0.39 is 16.0 Å². The summed E-state index contributed by atoms with van der Waals surface area (Å²) in [5.41, 5.74) is 1.59. The Labute approximate surface area is 191 Å². The van der Waals surface area contributed by atoms with Crippen LogP contribution in [-0.2, 0) is 10.0 Å². The summed E-state index contributed by atoms with van der Waals surface area (Å²) < 4.78 is 29.5. The molecule has 0 unspecified atom stereocenters. The molecule has 32 heavy (non-hydrogen) atoms. The van der Waals surface area contributed by atoms with Crippen LogP contribution < -0.4 is 10.0 Å². The largest absolute Gasteiger partial charge is 0.478 e. The molecule has 10 heteroatoms. The molecule has 0 aliphatic carbocycles. The number of anilines is 2. The highest BCUT2D eigenvalue weighted by Crippen LogP contribution is 2.34. The Kier molecular flexibility index (Phi) is 6.34. The third kappa shape index (κ3) is 4.86. The van der Waals surface area contributed by atoms with Crippen LogP contribution in [0.3, 0.4) is 0 Å². The number of pyridine rings is 1. The lowest BCUT2D eigenvalue weighted by molar-refractivity contribution is 0.0697. The molecule has 1 aliphatic heterocycles. The minimum absolute atomic E-state index is 0.00788. The summed E-state index contributed by atoms with van der Waals surface area (Å²) in [6.45, 7) is 1.64. The number of nitrogens with zero attached hydrogens (tertiary/aromatic N) is 2. The van der Waals surface area contributed by atoms with E-state index in [9.17, 15) is 13.2 Å². The molecule has 3 N–H and O–H groups in total. The van der Waals surface area contributed by atoms with Gasteiger partial charge in [-0.3, -0.25) is 4.98 Å². The van der Waals surface area contributed by atoms with E-state index in [0.29, 0.717) is 27.3 Å². The first kappa shape index (κ1) is 22.5. The van der Waals surface area contributed by atoms with Crippen LogP contribution in [0.1, 0.15) is 23.2 Å². The number of carbonyl (C=O) groups is 1. The SMILES string of the molecule is CN1CCC(NS(=O)(=O)c2cnc3ccc(Cl)cc3c2Nc2ccc(C(=O)O)cc2)CC1. The van der Waals surface area contributed by atoms with Gasteiger partial charge in [-0.1, -0.05) is 11.6 Å². The summed E-state index contributed by atoms with van der Waals surface area (Å²) in [5.74, 6) is -1.04. The van der Waals surface area contributed by atoms with Crippen molar-refractivity contribution in [2.24, 2.45) is 0 Å². The fourth-order valence-electron chi connectivity index (χ4n) is 3.73. The lowest BCUT2D eigenvalue weighted by Gasteiger charge is -2.29. The molecule has 3 aromatic rings. The van der Waals surface area contributed by atoms with Crippen molar-refractivity contribution in [3.05, 3.63) is 59.2 Å². The minimum Gasteiger partial charge on any atom is -0.478 e. The Bertz CT molecular complexity index is 1260. The summed E-state index contributed by atoms with van der Waals surface area (Å²) in [5, 5.41) is 13.3. The summed E-state index contributed by atoms with van der Waals surface area (Å²) in [7, 11) is -1.87. The summed E-state index contributed by atoms with van der Waals surface area (Å²) in [6, 6.07) is 11.0. The van der Waals surface area contributed by atoms with Gasteiger partial charge in [-0.15, -0.1) is 0 Å². The molecule has 1 aromatic heterocycles. The van der Waals surface area contributed by atoms with Gasteiger partial charge in [-0.25, -0.2) is 17.9 Å². The zero-order valence-electron chi connectivity index (χ0n) is 17.4. The molecule has 2 aromatic carbocycles. The van der Waals surface area contributed by atoms with E-state index in [1.807, 2.05) is 7.05 Å². The Balaban J connectivity index is 1.75. The second kappa shape index (κ2) is 9.03. The number of aromatic nitrogens is 1. The Morgan fingerprint density at radius 3 is 2.50 bits per heavy atom. The maximum Gasteiger partial charge on any atom is 0.335 e. The number of rotatable bonds is 6.